The molecule has 0 aromatic heterocycles. The molecule has 4 rings (SSSR count). The highest BCUT2D eigenvalue weighted by Gasteiger charge is 2.51. The van der Waals surface area contributed by atoms with E-state index in [1.54, 1.807) is 12.2 Å². The van der Waals surface area contributed by atoms with Gasteiger partial charge in [-0.1, -0.05) is 47.5 Å². The molecule has 0 radical (unpaired) electrons. The van der Waals surface area contributed by atoms with E-state index < -0.39 is 46.8 Å². The van der Waals surface area contributed by atoms with Gasteiger partial charge >= 0.3 is 0 Å². The molecule has 0 bridgehead atoms. The molecule has 1 heterocycles. The zero-order valence-electron chi connectivity index (χ0n) is 17.5. The fraction of sp³-hybridized carbons (Fsp3) is 0.217. The largest absolute Gasteiger partial charge is 0.292 e. The predicted molar refractivity (Wildman–Crippen MR) is 122 cm³/mol. The van der Waals surface area contributed by atoms with E-state index in [1.165, 1.54) is 36.4 Å². The highest BCUT2D eigenvalue weighted by Crippen LogP contribution is 2.36. The maximum absolute atomic E-state index is 13.4. The number of benzene rings is 2. The van der Waals surface area contributed by atoms with Crippen molar-refractivity contribution in [1.29, 1.82) is 0 Å². The quantitative estimate of drug-likeness (QED) is 0.193. The van der Waals surface area contributed by atoms with Gasteiger partial charge in [-0.25, -0.2) is 5.01 Å². The number of carbonyl (C=O) groups excluding carboxylic acids is 4. The molecule has 0 spiro atoms. The van der Waals surface area contributed by atoms with E-state index in [0.717, 1.165) is 16.1 Å². The van der Waals surface area contributed by atoms with Crippen LogP contribution in [-0.4, -0.2) is 45.0 Å². The Bertz CT molecular complexity index is 1240. The number of hydrogen-bond acceptors (Lipinski definition) is 6. The van der Waals surface area contributed by atoms with Gasteiger partial charge in [0.1, 0.15) is 6.54 Å². The van der Waals surface area contributed by atoms with Crippen molar-refractivity contribution in [3.63, 3.8) is 0 Å². The Morgan fingerprint density at radius 1 is 0.971 bits per heavy atom. The van der Waals surface area contributed by atoms with Crippen LogP contribution in [0.5, 0.6) is 0 Å². The smallest absolute Gasteiger partial charge is 0.273 e. The summed E-state index contributed by atoms with van der Waals surface area (Å²) in [5.74, 6) is -3.93. The Balaban J connectivity index is 1.71. The Kier molecular flexibility index (Phi) is 6.49. The lowest BCUT2D eigenvalue weighted by Crippen LogP contribution is -2.52. The monoisotopic (exact) mass is 501 g/mol. The van der Waals surface area contributed by atoms with Crippen molar-refractivity contribution >= 4 is 52.4 Å². The zero-order valence-corrected chi connectivity index (χ0v) is 19.0. The Hall–Kier alpha value is -3.56. The molecule has 0 saturated carbocycles. The van der Waals surface area contributed by atoms with Crippen molar-refractivity contribution < 1.29 is 24.1 Å². The molecule has 2 atom stereocenters. The topological polar surface area (TPSA) is 118 Å². The highest BCUT2D eigenvalue weighted by atomic mass is 35.5. The van der Waals surface area contributed by atoms with Crippen LogP contribution in [0.4, 0.5) is 5.69 Å². The van der Waals surface area contributed by atoms with Gasteiger partial charge in [0.05, 0.1) is 26.8 Å². The molecule has 1 aliphatic carbocycles. The minimum absolute atomic E-state index is 0.00911. The summed E-state index contributed by atoms with van der Waals surface area (Å²) in [7, 11) is 0. The number of fused-ring (bicyclic) bond motifs is 1. The molecule has 1 saturated heterocycles. The van der Waals surface area contributed by atoms with Crippen LogP contribution in [0.2, 0.25) is 10.0 Å². The molecule has 2 aromatic rings. The van der Waals surface area contributed by atoms with Gasteiger partial charge in [0.25, 0.3) is 23.4 Å². The number of Topliss-reactive ketones (excluding diaryl/α,β-unsaturated/α-hetero) is 1. The number of hydrazine groups is 1. The minimum Gasteiger partial charge on any atom is -0.292 e. The van der Waals surface area contributed by atoms with Crippen LogP contribution in [0, 0.1) is 22.0 Å². The van der Waals surface area contributed by atoms with Crippen molar-refractivity contribution in [2.75, 3.05) is 6.54 Å². The number of amides is 3. The fourth-order valence-corrected chi connectivity index (χ4v) is 4.35. The number of imide groups is 1. The zero-order chi connectivity index (χ0) is 24.6. The summed E-state index contributed by atoms with van der Waals surface area (Å²) >= 11 is 12.0. The molecule has 11 heteroatoms. The third-order valence-corrected chi connectivity index (χ3v) is 6.54. The molecular weight excluding hydrogens is 485 g/mol. The summed E-state index contributed by atoms with van der Waals surface area (Å²) in [4.78, 5) is 63.2. The van der Waals surface area contributed by atoms with E-state index in [-0.39, 0.29) is 26.9 Å². The lowest BCUT2D eigenvalue weighted by Gasteiger charge is -2.30. The van der Waals surface area contributed by atoms with E-state index in [9.17, 15) is 29.3 Å². The standard InChI is InChI=1S/C23H17Cl2N3O6/c24-18-9-8-14(11-19(18)25)21(30)26(12-20(29)13-4-3-5-15(10-13)28(33)34)27-22(31)16-6-1-2-7-17(16)23(27)32/h1-5,8-11,16-17H,6-7,12H2/t16-,17-/m1/s1. The normalized spacial score (nSPS) is 19.2. The summed E-state index contributed by atoms with van der Waals surface area (Å²) < 4.78 is 0. The van der Waals surface area contributed by atoms with Crippen LogP contribution in [0.25, 0.3) is 0 Å². The first-order valence-electron chi connectivity index (χ1n) is 10.3. The van der Waals surface area contributed by atoms with Gasteiger partial charge in [0, 0.05) is 23.3 Å². The third kappa shape index (κ3) is 4.32. The second kappa shape index (κ2) is 9.36. The van der Waals surface area contributed by atoms with E-state index in [1.807, 2.05) is 0 Å². The van der Waals surface area contributed by atoms with Crippen molar-refractivity contribution in [2.24, 2.45) is 11.8 Å². The molecule has 9 nitrogen and oxygen atoms in total. The minimum atomic E-state index is -0.814. The average Bonchev–Trinajstić information content (AvgIpc) is 3.09. The molecule has 1 fully saturated rings. The lowest BCUT2D eigenvalue weighted by atomic mass is 9.85. The fourth-order valence-electron chi connectivity index (χ4n) is 4.05. The number of nitro benzene ring substituents is 1. The Morgan fingerprint density at radius 3 is 2.21 bits per heavy atom. The van der Waals surface area contributed by atoms with Crippen LogP contribution in [0.1, 0.15) is 33.6 Å². The van der Waals surface area contributed by atoms with Gasteiger partial charge in [-0.2, -0.15) is 5.01 Å². The van der Waals surface area contributed by atoms with Crippen LogP contribution in [0.15, 0.2) is 54.6 Å². The number of carbonyl (C=O) groups is 4. The maximum atomic E-state index is 13.4. The predicted octanol–water partition coefficient (Wildman–Crippen LogP) is 4.09. The molecular formula is C23H17Cl2N3O6. The van der Waals surface area contributed by atoms with Crippen LogP contribution < -0.4 is 0 Å². The van der Waals surface area contributed by atoms with Gasteiger partial charge in [0.2, 0.25) is 0 Å². The maximum Gasteiger partial charge on any atom is 0.273 e. The first-order chi connectivity index (χ1) is 16.2. The molecule has 2 aliphatic rings. The summed E-state index contributed by atoms with van der Waals surface area (Å²) in [5.41, 5.74) is -0.340. The molecule has 174 valence electrons. The van der Waals surface area contributed by atoms with E-state index in [4.69, 9.17) is 23.2 Å². The van der Waals surface area contributed by atoms with Gasteiger partial charge in [-0.15, -0.1) is 0 Å². The van der Waals surface area contributed by atoms with Gasteiger partial charge in [0.15, 0.2) is 5.78 Å². The Morgan fingerprint density at radius 2 is 1.62 bits per heavy atom. The van der Waals surface area contributed by atoms with Crippen LogP contribution in [-0.2, 0) is 9.59 Å². The van der Waals surface area contributed by atoms with Crippen LogP contribution >= 0.6 is 23.2 Å². The van der Waals surface area contributed by atoms with Gasteiger partial charge in [-0.3, -0.25) is 29.3 Å². The summed E-state index contributed by atoms with van der Waals surface area (Å²) in [5, 5.41) is 12.9. The third-order valence-electron chi connectivity index (χ3n) is 5.80. The number of ketones is 1. The van der Waals surface area contributed by atoms with Crippen LogP contribution in [0.3, 0.4) is 0 Å². The average molecular weight is 502 g/mol. The van der Waals surface area contributed by atoms with E-state index >= 15 is 0 Å². The van der Waals surface area contributed by atoms with Crippen molar-refractivity contribution in [1.82, 2.24) is 10.0 Å². The van der Waals surface area contributed by atoms with E-state index in [0.29, 0.717) is 12.8 Å². The number of hydrogen-bond donors (Lipinski definition) is 0. The summed E-state index contributed by atoms with van der Waals surface area (Å²) in [6.07, 6.45) is 4.29. The number of halogens is 2. The highest BCUT2D eigenvalue weighted by molar-refractivity contribution is 6.42. The second-order valence-corrected chi connectivity index (χ2v) is 8.68. The molecule has 2 aromatic carbocycles. The first kappa shape index (κ1) is 23.6. The van der Waals surface area contributed by atoms with Gasteiger partial charge < -0.3 is 0 Å². The lowest BCUT2D eigenvalue weighted by molar-refractivity contribution is -0.384. The molecule has 0 N–H and O–H groups in total. The number of nitro groups is 1. The van der Waals surface area contributed by atoms with Crippen molar-refractivity contribution in [3.05, 3.63) is 85.9 Å². The Labute approximate surface area is 203 Å². The summed E-state index contributed by atoms with van der Waals surface area (Å²) in [6, 6.07) is 9.01. The molecule has 34 heavy (non-hydrogen) atoms. The van der Waals surface area contributed by atoms with Crippen molar-refractivity contribution in [3.8, 4) is 0 Å². The number of nitrogens with zero attached hydrogens (tertiary/aromatic N) is 3. The van der Waals surface area contributed by atoms with Crippen molar-refractivity contribution in [2.45, 2.75) is 12.8 Å². The number of allylic oxidation sites excluding steroid dienone is 2. The number of non-ortho nitro benzene ring substituents is 1. The van der Waals surface area contributed by atoms with E-state index in [2.05, 4.69) is 0 Å². The molecule has 3 amide bonds. The molecule has 1 aliphatic heterocycles. The first-order valence-corrected chi connectivity index (χ1v) is 11.0. The molecule has 0 unspecified atom stereocenters. The number of rotatable bonds is 6. The second-order valence-electron chi connectivity index (χ2n) is 7.87. The SMILES string of the molecule is O=C(CN(C(=O)c1ccc(Cl)c(Cl)c1)N1C(=O)[C@@H]2CC=CC[C@H]2C1=O)c1cccc([N+](=O)[O-])c1. The summed E-state index contributed by atoms with van der Waals surface area (Å²) in [6.45, 7) is -0.690. The van der Waals surface area contributed by atoms with Gasteiger partial charge in [-0.05, 0) is 31.0 Å².